The first-order chi connectivity index (χ1) is 17.6. The Kier molecular flexibility index (Phi) is 9.05. The fraction of sp³-hybridized carbons (Fsp3) is 0.423. The van der Waals surface area contributed by atoms with Crippen LogP contribution in [0.25, 0.3) is 0 Å². The second-order valence-electron chi connectivity index (χ2n) is 8.86. The van der Waals surface area contributed by atoms with Crippen LogP contribution < -0.4 is 10.1 Å². The van der Waals surface area contributed by atoms with E-state index in [4.69, 9.17) is 18.9 Å². The molecular formula is C26H30N2O9. The van der Waals surface area contributed by atoms with Gasteiger partial charge < -0.3 is 29.4 Å². The molecule has 11 nitrogen and oxygen atoms in total. The fourth-order valence-electron chi connectivity index (χ4n) is 3.74. The Balaban J connectivity index is 1.87. The molecule has 1 aliphatic heterocycles. The van der Waals surface area contributed by atoms with E-state index in [2.05, 4.69) is 10.3 Å². The van der Waals surface area contributed by atoms with E-state index in [1.807, 2.05) is 30.3 Å². The Morgan fingerprint density at radius 3 is 2.51 bits per heavy atom. The van der Waals surface area contributed by atoms with E-state index in [1.165, 1.54) is 26.3 Å². The van der Waals surface area contributed by atoms with Crippen LogP contribution in [0.1, 0.15) is 36.8 Å². The molecule has 3 rings (SSSR count). The molecule has 1 aliphatic rings. The molecule has 0 aliphatic carbocycles. The van der Waals surface area contributed by atoms with Crippen molar-refractivity contribution in [2.24, 2.45) is 11.8 Å². The zero-order chi connectivity index (χ0) is 27.1. The lowest BCUT2D eigenvalue weighted by molar-refractivity contribution is -0.176. The number of carbonyl (C=O) groups is 4. The van der Waals surface area contributed by atoms with E-state index in [1.54, 1.807) is 13.8 Å². The van der Waals surface area contributed by atoms with Crippen molar-refractivity contribution in [2.45, 2.75) is 45.4 Å². The molecule has 1 aromatic carbocycles. The molecule has 37 heavy (non-hydrogen) atoms. The molecule has 198 valence electrons. The highest BCUT2D eigenvalue weighted by atomic mass is 16.6. The van der Waals surface area contributed by atoms with E-state index >= 15 is 0 Å². The van der Waals surface area contributed by atoms with Crippen LogP contribution in [-0.2, 0) is 35.0 Å². The van der Waals surface area contributed by atoms with Crippen molar-refractivity contribution in [2.75, 3.05) is 13.7 Å². The number of pyridine rings is 1. The van der Waals surface area contributed by atoms with Crippen molar-refractivity contribution in [3.8, 4) is 11.5 Å². The average Bonchev–Trinajstić information content (AvgIpc) is 2.91. The Morgan fingerprint density at radius 2 is 1.86 bits per heavy atom. The molecule has 1 fully saturated rings. The molecule has 1 unspecified atom stereocenters. The quantitative estimate of drug-likeness (QED) is 0.414. The summed E-state index contributed by atoms with van der Waals surface area (Å²) in [6.07, 6.45) is -0.766. The van der Waals surface area contributed by atoms with E-state index < -0.39 is 72.0 Å². The van der Waals surface area contributed by atoms with Gasteiger partial charge in [-0.25, -0.2) is 9.78 Å². The minimum Gasteiger partial charge on any atom is -0.503 e. The summed E-state index contributed by atoms with van der Waals surface area (Å²) in [4.78, 5) is 55.3. The van der Waals surface area contributed by atoms with Crippen molar-refractivity contribution < 1.29 is 43.2 Å². The Hall–Kier alpha value is -4.15. The average molecular weight is 515 g/mol. The third-order valence-electron chi connectivity index (χ3n) is 5.79. The Bertz CT molecular complexity index is 1140. The largest absolute Gasteiger partial charge is 0.503 e. The minimum absolute atomic E-state index is 0.0100. The lowest BCUT2D eigenvalue weighted by atomic mass is 9.91. The molecule has 2 heterocycles. The summed E-state index contributed by atoms with van der Waals surface area (Å²) in [7, 11) is 1.31. The molecule has 2 aromatic rings. The van der Waals surface area contributed by atoms with Crippen LogP contribution in [0.3, 0.4) is 0 Å². The summed E-state index contributed by atoms with van der Waals surface area (Å²) in [5.74, 6) is -5.10. The molecular weight excluding hydrogens is 484 g/mol. The van der Waals surface area contributed by atoms with Gasteiger partial charge in [0.25, 0.3) is 5.91 Å². The topological polar surface area (TPSA) is 150 Å². The van der Waals surface area contributed by atoms with Crippen LogP contribution in [0.4, 0.5) is 0 Å². The van der Waals surface area contributed by atoms with E-state index in [0.717, 1.165) is 5.56 Å². The zero-order valence-corrected chi connectivity index (χ0v) is 21.0. The van der Waals surface area contributed by atoms with Gasteiger partial charge in [-0.15, -0.1) is 0 Å². The third-order valence-corrected chi connectivity index (χ3v) is 5.79. The summed E-state index contributed by atoms with van der Waals surface area (Å²) in [6.45, 7) is 4.25. The third kappa shape index (κ3) is 6.75. The first-order valence-electron chi connectivity index (χ1n) is 11.8. The van der Waals surface area contributed by atoms with Crippen molar-refractivity contribution in [3.63, 3.8) is 0 Å². The van der Waals surface area contributed by atoms with Crippen LogP contribution in [0.2, 0.25) is 0 Å². The second-order valence-corrected chi connectivity index (χ2v) is 8.86. The van der Waals surface area contributed by atoms with Gasteiger partial charge in [-0.1, -0.05) is 44.2 Å². The first-order valence-corrected chi connectivity index (χ1v) is 11.8. The molecule has 0 bridgehead atoms. The number of nitrogens with one attached hydrogen (secondary N) is 1. The lowest BCUT2D eigenvalue weighted by Crippen LogP contribution is -2.47. The fourth-order valence-corrected chi connectivity index (χ4v) is 3.74. The highest BCUT2D eigenvalue weighted by Crippen LogP contribution is 2.28. The Labute approximate surface area is 214 Å². The number of aromatic nitrogens is 1. The van der Waals surface area contributed by atoms with Gasteiger partial charge in [0.1, 0.15) is 18.6 Å². The number of esters is 3. The van der Waals surface area contributed by atoms with Gasteiger partial charge in [0, 0.05) is 12.3 Å². The smallest absolute Gasteiger partial charge is 0.332 e. The highest BCUT2D eigenvalue weighted by Gasteiger charge is 2.42. The molecule has 11 heteroatoms. The lowest BCUT2D eigenvalue weighted by Gasteiger charge is -2.29. The minimum atomic E-state index is -1.41. The number of methoxy groups -OCH3 is 1. The number of benzene rings is 1. The summed E-state index contributed by atoms with van der Waals surface area (Å²) >= 11 is 0. The van der Waals surface area contributed by atoms with Gasteiger partial charge in [-0.05, 0) is 18.9 Å². The van der Waals surface area contributed by atoms with Gasteiger partial charge in [-0.3, -0.25) is 14.4 Å². The van der Waals surface area contributed by atoms with Gasteiger partial charge in [0.05, 0.1) is 13.0 Å². The molecule has 2 N–H and O–H groups in total. The van der Waals surface area contributed by atoms with E-state index in [-0.39, 0.29) is 12.2 Å². The van der Waals surface area contributed by atoms with Gasteiger partial charge in [0.15, 0.2) is 29.3 Å². The predicted molar refractivity (Wildman–Crippen MR) is 129 cm³/mol. The molecule has 1 amide bonds. The maximum Gasteiger partial charge on any atom is 0.332 e. The number of aromatic hydroxyl groups is 1. The molecule has 0 spiro atoms. The molecule has 1 saturated heterocycles. The number of hydrogen-bond donors (Lipinski definition) is 2. The van der Waals surface area contributed by atoms with Crippen LogP contribution in [0.15, 0.2) is 42.6 Å². The van der Waals surface area contributed by atoms with Crippen molar-refractivity contribution >= 4 is 23.8 Å². The maximum atomic E-state index is 13.2. The predicted octanol–water partition coefficient (Wildman–Crippen LogP) is 1.81. The zero-order valence-electron chi connectivity index (χ0n) is 21.0. The number of amides is 1. The summed E-state index contributed by atoms with van der Waals surface area (Å²) in [5, 5.41) is 12.6. The number of cyclic esters (lactones) is 2. The van der Waals surface area contributed by atoms with Gasteiger partial charge in [0.2, 0.25) is 0 Å². The molecule has 4 atom stereocenters. The number of rotatable bonds is 7. The van der Waals surface area contributed by atoms with Gasteiger partial charge >= 0.3 is 17.9 Å². The molecule has 1 aromatic heterocycles. The number of ether oxygens (including phenoxy) is 4. The maximum absolute atomic E-state index is 13.2. The standard InChI is InChI=1S/C26H30N2O9/c1-14(2)24(31)37-22-15(3)36-26(33)18(28-23(30)20-21(29)19(34-4)10-11-27-20)13-35-25(32)17(22)12-16-8-6-5-7-9-16/h5-11,14-15,17-18,22,29H,12-13H2,1-4H3,(H,28,30)/t15?,17-,18+,22+/m1/s1. The van der Waals surface area contributed by atoms with E-state index in [9.17, 15) is 24.3 Å². The van der Waals surface area contributed by atoms with Crippen LogP contribution in [-0.4, -0.2) is 65.9 Å². The number of nitrogens with zero attached hydrogens (tertiary/aromatic N) is 1. The van der Waals surface area contributed by atoms with Crippen LogP contribution in [0, 0.1) is 11.8 Å². The second kappa shape index (κ2) is 12.2. The monoisotopic (exact) mass is 514 g/mol. The summed E-state index contributed by atoms with van der Waals surface area (Å²) in [6, 6.07) is 9.01. The summed E-state index contributed by atoms with van der Waals surface area (Å²) in [5.41, 5.74) is 0.398. The van der Waals surface area contributed by atoms with Crippen molar-refractivity contribution in [1.82, 2.24) is 10.3 Å². The van der Waals surface area contributed by atoms with Crippen molar-refractivity contribution in [3.05, 3.63) is 53.9 Å². The molecule has 0 radical (unpaired) electrons. The highest BCUT2D eigenvalue weighted by molar-refractivity contribution is 5.98. The summed E-state index contributed by atoms with van der Waals surface area (Å²) < 4.78 is 21.5. The SMILES string of the molecule is COc1ccnc(C(=O)N[C@H]2COC(=O)[C@H](Cc3ccccc3)[C@@H](OC(=O)C(C)C)C(C)OC2=O)c1O. The van der Waals surface area contributed by atoms with Crippen molar-refractivity contribution in [1.29, 1.82) is 0 Å². The molecule has 0 saturated carbocycles. The first kappa shape index (κ1) is 27.4. The van der Waals surface area contributed by atoms with Crippen LogP contribution in [0.5, 0.6) is 11.5 Å². The van der Waals surface area contributed by atoms with Gasteiger partial charge in [-0.2, -0.15) is 0 Å². The van der Waals surface area contributed by atoms with Crippen LogP contribution >= 0.6 is 0 Å². The normalized spacial score (nSPS) is 22.1. The van der Waals surface area contributed by atoms with E-state index in [0.29, 0.717) is 0 Å². The number of carbonyl (C=O) groups excluding carboxylic acids is 4. The Morgan fingerprint density at radius 1 is 1.16 bits per heavy atom. The number of hydrogen-bond acceptors (Lipinski definition) is 10.